The van der Waals surface area contributed by atoms with Gasteiger partial charge in [-0.1, -0.05) is 25.1 Å². The molecule has 1 N–H and O–H groups in total. The highest BCUT2D eigenvalue weighted by molar-refractivity contribution is 5.40. The number of benzene rings is 1. The van der Waals surface area contributed by atoms with E-state index >= 15 is 0 Å². The Hall–Kier alpha value is -1.23. The first-order valence-corrected chi connectivity index (χ1v) is 7.53. The van der Waals surface area contributed by atoms with Crippen molar-refractivity contribution in [1.29, 1.82) is 0 Å². The fraction of sp³-hybridized carbons (Fsp3) is 0.625. The van der Waals surface area contributed by atoms with Crippen molar-refractivity contribution in [3.63, 3.8) is 0 Å². The number of halogens is 3. The first-order valence-electron chi connectivity index (χ1n) is 7.53. The van der Waals surface area contributed by atoms with Gasteiger partial charge in [0.15, 0.2) is 0 Å². The lowest BCUT2D eigenvalue weighted by atomic mass is 9.90. The smallest absolute Gasteiger partial charge is 0.389 e. The predicted molar refractivity (Wildman–Crippen MR) is 76.7 cm³/mol. The van der Waals surface area contributed by atoms with Crippen LogP contribution in [0.4, 0.5) is 13.2 Å². The van der Waals surface area contributed by atoms with E-state index in [1.165, 1.54) is 0 Å². The van der Waals surface area contributed by atoms with Crippen LogP contribution in [0.2, 0.25) is 0 Å². The van der Waals surface area contributed by atoms with Crippen molar-refractivity contribution in [3.05, 3.63) is 29.8 Å². The number of hydrogen-bond acceptors (Lipinski definition) is 2. The first kappa shape index (κ1) is 16.1. The van der Waals surface area contributed by atoms with E-state index in [2.05, 4.69) is 12.2 Å². The molecule has 2 atom stereocenters. The van der Waals surface area contributed by atoms with E-state index in [4.69, 9.17) is 4.74 Å². The van der Waals surface area contributed by atoms with Gasteiger partial charge in [-0.15, -0.1) is 0 Å². The molecule has 0 fully saturated rings. The first-order chi connectivity index (χ1) is 10.0. The molecule has 0 radical (unpaired) electrons. The minimum Gasteiger partial charge on any atom is -0.493 e. The van der Waals surface area contributed by atoms with Gasteiger partial charge in [-0.3, -0.25) is 0 Å². The van der Waals surface area contributed by atoms with Crippen molar-refractivity contribution in [2.75, 3.05) is 13.2 Å². The summed E-state index contributed by atoms with van der Waals surface area (Å²) >= 11 is 0. The largest absolute Gasteiger partial charge is 0.493 e. The molecular formula is C16H22F3NO. The highest BCUT2D eigenvalue weighted by atomic mass is 19.4. The summed E-state index contributed by atoms with van der Waals surface area (Å²) in [6.07, 6.45) is -3.15. The molecule has 21 heavy (non-hydrogen) atoms. The number of para-hydroxylation sites is 1. The van der Waals surface area contributed by atoms with Crippen molar-refractivity contribution in [2.45, 2.75) is 50.7 Å². The molecule has 1 aromatic carbocycles. The van der Waals surface area contributed by atoms with Crippen molar-refractivity contribution >= 4 is 0 Å². The molecule has 0 spiro atoms. The Morgan fingerprint density at radius 1 is 1.33 bits per heavy atom. The van der Waals surface area contributed by atoms with E-state index < -0.39 is 12.6 Å². The summed E-state index contributed by atoms with van der Waals surface area (Å²) in [5.41, 5.74) is 1.11. The van der Waals surface area contributed by atoms with E-state index in [1.807, 2.05) is 24.3 Å². The van der Waals surface area contributed by atoms with Crippen molar-refractivity contribution < 1.29 is 17.9 Å². The van der Waals surface area contributed by atoms with Crippen LogP contribution in [0, 0.1) is 0 Å². The lowest BCUT2D eigenvalue weighted by Gasteiger charge is -2.24. The topological polar surface area (TPSA) is 21.3 Å². The van der Waals surface area contributed by atoms with Crippen LogP contribution in [0.5, 0.6) is 5.75 Å². The lowest BCUT2D eigenvalue weighted by Crippen LogP contribution is -2.36. The van der Waals surface area contributed by atoms with Gasteiger partial charge in [0.25, 0.3) is 0 Å². The van der Waals surface area contributed by atoms with Crippen LogP contribution in [0.1, 0.15) is 44.1 Å². The molecule has 2 nitrogen and oxygen atoms in total. The third-order valence-electron chi connectivity index (χ3n) is 3.85. The summed E-state index contributed by atoms with van der Waals surface area (Å²) < 4.78 is 42.6. The molecule has 1 heterocycles. The van der Waals surface area contributed by atoms with Crippen LogP contribution in [0.15, 0.2) is 24.3 Å². The molecule has 5 heteroatoms. The van der Waals surface area contributed by atoms with Crippen molar-refractivity contribution in [2.24, 2.45) is 0 Å². The zero-order valence-electron chi connectivity index (χ0n) is 12.2. The van der Waals surface area contributed by atoms with Crippen LogP contribution < -0.4 is 10.1 Å². The molecular weight excluding hydrogens is 279 g/mol. The molecule has 0 bridgehead atoms. The van der Waals surface area contributed by atoms with Crippen LogP contribution in [0.25, 0.3) is 0 Å². The van der Waals surface area contributed by atoms with Gasteiger partial charge in [0.1, 0.15) is 5.75 Å². The number of hydrogen-bond donors (Lipinski definition) is 1. The molecule has 118 valence electrons. The number of rotatable bonds is 7. The summed E-state index contributed by atoms with van der Waals surface area (Å²) in [6, 6.07) is 7.84. The maximum atomic E-state index is 12.3. The van der Waals surface area contributed by atoms with E-state index in [9.17, 15) is 13.2 Å². The average Bonchev–Trinajstić information content (AvgIpc) is 2.85. The molecule has 2 unspecified atom stereocenters. The number of alkyl halides is 3. The Balaban J connectivity index is 1.99. The van der Waals surface area contributed by atoms with Gasteiger partial charge in [0.2, 0.25) is 0 Å². The summed E-state index contributed by atoms with van der Waals surface area (Å²) in [7, 11) is 0. The van der Waals surface area contributed by atoms with Gasteiger partial charge in [-0.2, -0.15) is 13.2 Å². The Bertz CT molecular complexity index is 447. The summed E-state index contributed by atoms with van der Waals surface area (Å²) in [5.74, 6) is 1.00. The summed E-state index contributed by atoms with van der Waals surface area (Å²) in [4.78, 5) is 0. The lowest BCUT2D eigenvalue weighted by molar-refractivity contribution is -0.135. The van der Waals surface area contributed by atoms with Gasteiger partial charge in [-0.05, 0) is 31.9 Å². The molecule has 0 amide bonds. The van der Waals surface area contributed by atoms with Gasteiger partial charge in [0.05, 0.1) is 6.61 Å². The summed E-state index contributed by atoms with van der Waals surface area (Å²) in [6.45, 7) is 3.42. The molecule has 1 aliphatic heterocycles. The SMILES string of the molecule is CCCNC(CCCC(F)(F)F)C1COc2ccccc21. The molecule has 1 aliphatic rings. The minimum atomic E-state index is -4.07. The van der Waals surface area contributed by atoms with Gasteiger partial charge in [-0.25, -0.2) is 0 Å². The summed E-state index contributed by atoms with van der Waals surface area (Å²) in [5, 5.41) is 3.39. The van der Waals surface area contributed by atoms with Crippen LogP contribution in [-0.4, -0.2) is 25.4 Å². The van der Waals surface area contributed by atoms with E-state index in [1.54, 1.807) is 0 Å². The zero-order chi connectivity index (χ0) is 15.3. The third-order valence-corrected chi connectivity index (χ3v) is 3.85. The molecule has 1 aromatic rings. The zero-order valence-corrected chi connectivity index (χ0v) is 12.2. The number of ether oxygens (including phenoxy) is 1. The monoisotopic (exact) mass is 301 g/mol. The van der Waals surface area contributed by atoms with Crippen LogP contribution in [-0.2, 0) is 0 Å². The Morgan fingerprint density at radius 2 is 2.10 bits per heavy atom. The maximum Gasteiger partial charge on any atom is 0.389 e. The standard InChI is InChI=1S/C16H22F3NO/c1-2-10-20-14(7-5-9-16(17,18)19)13-11-21-15-8-4-3-6-12(13)15/h3-4,6,8,13-14,20H,2,5,7,9-11H2,1H3. The fourth-order valence-electron chi connectivity index (χ4n) is 2.82. The molecule has 0 saturated carbocycles. The number of fused-ring (bicyclic) bond motifs is 1. The minimum absolute atomic E-state index is 0.0379. The number of nitrogens with one attached hydrogen (secondary N) is 1. The molecule has 0 aliphatic carbocycles. The van der Waals surface area contributed by atoms with Crippen LogP contribution in [0.3, 0.4) is 0 Å². The second-order valence-corrected chi connectivity index (χ2v) is 5.52. The normalized spacial score (nSPS) is 19.1. The molecule has 2 rings (SSSR count). The van der Waals surface area contributed by atoms with E-state index in [0.29, 0.717) is 13.0 Å². The molecule has 0 saturated heterocycles. The van der Waals surface area contributed by atoms with Gasteiger partial charge < -0.3 is 10.1 Å². The average molecular weight is 301 g/mol. The Morgan fingerprint density at radius 3 is 2.81 bits per heavy atom. The third kappa shape index (κ3) is 4.63. The molecule has 0 aromatic heterocycles. The van der Waals surface area contributed by atoms with Crippen molar-refractivity contribution in [3.8, 4) is 5.75 Å². The second kappa shape index (κ2) is 7.16. The highest BCUT2D eigenvalue weighted by Crippen LogP contribution is 2.37. The van der Waals surface area contributed by atoms with Gasteiger partial charge >= 0.3 is 6.18 Å². The van der Waals surface area contributed by atoms with Gasteiger partial charge in [0, 0.05) is 23.9 Å². The Labute approximate surface area is 123 Å². The second-order valence-electron chi connectivity index (χ2n) is 5.52. The van der Waals surface area contributed by atoms with Crippen LogP contribution >= 0.6 is 0 Å². The highest BCUT2D eigenvalue weighted by Gasteiger charge is 2.32. The maximum absolute atomic E-state index is 12.3. The van der Waals surface area contributed by atoms with E-state index in [0.717, 1.165) is 24.3 Å². The quantitative estimate of drug-likeness (QED) is 0.812. The fourth-order valence-corrected chi connectivity index (χ4v) is 2.82. The van der Waals surface area contributed by atoms with Crippen molar-refractivity contribution in [1.82, 2.24) is 5.32 Å². The Kier molecular flexibility index (Phi) is 5.51. The van der Waals surface area contributed by atoms with E-state index in [-0.39, 0.29) is 18.4 Å². The predicted octanol–water partition coefficient (Wildman–Crippen LogP) is 4.26.